The van der Waals surface area contributed by atoms with Crippen LogP contribution in [0.4, 0.5) is 0 Å². The van der Waals surface area contributed by atoms with Gasteiger partial charge < -0.3 is 15.2 Å². The van der Waals surface area contributed by atoms with Crippen LogP contribution in [0, 0.1) is 0 Å². The maximum absolute atomic E-state index is 5.81. The summed E-state index contributed by atoms with van der Waals surface area (Å²) in [6.07, 6.45) is 0.830. The van der Waals surface area contributed by atoms with Gasteiger partial charge >= 0.3 is 0 Å². The van der Waals surface area contributed by atoms with Crippen molar-refractivity contribution in [2.45, 2.75) is 32.0 Å². The maximum Gasteiger partial charge on any atom is 0.0947 e. The summed E-state index contributed by atoms with van der Waals surface area (Å²) < 4.78 is 11.2. The Labute approximate surface area is 104 Å². The van der Waals surface area contributed by atoms with E-state index < -0.39 is 0 Å². The van der Waals surface area contributed by atoms with Gasteiger partial charge in [0.25, 0.3) is 0 Å². The topological polar surface area (TPSA) is 44.5 Å². The number of hydrogen-bond acceptors (Lipinski definition) is 3. The molecule has 0 spiro atoms. The lowest BCUT2D eigenvalue weighted by Crippen LogP contribution is -2.26. The molecule has 0 aromatic heterocycles. The number of rotatable bonds is 7. The predicted octanol–water partition coefficient (Wildman–Crippen LogP) is 2.52. The summed E-state index contributed by atoms with van der Waals surface area (Å²) in [6, 6.07) is 10.1. The molecule has 1 atom stereocenters. The van der Waals surface area contributed by atoms with Crippen molar-refractivity contribution in [1.29, 1.82) is 0 Å². The van der Waals surface area contributed by atoms with Gasteiger partial charge in [-0.2, -0.15) is 0 Å². The Morgan fingerprint density at radius 1 is 1.24 bits per heavy atom. The zero-order valence-corrected chi connectivity index (χ0v) is 11.0. The Morgan fingerprint density at radius 2 is 1.88 bits per heavy atom. The Hall–Kier alpha value is -0.900. The van der Waals surface area contributed by atoms with E-state index in [1.165, 1.54) is 0 Å². The molecule has 3 nitrogen and oxygen atoms in total. The van der Waals surface area contributed by atoms with Crippen molar-refractivity contribution >= 4 is 0 Å². The summed E-state index contributed by atoms with van der Waals surface area (Å²) in [7, 11) is 1.72. The molecule has 17 heavy (non-hydrogen) atoms. The average Bonchev–Trinajstić information content (AvgIpc) is 2.36. The number of ether oxygens (including phenoxy) is 2. The smallest absolute Gasteiger partial charge is 0.0947 e. The van der Waals surface area contributed by atoms with E-state index >= 15 is 0 Å². The van der Waals surface area contributed by atoms with E-state index in [-0.39, 0.29) is 11.7 Å². The second-order valence-electron chi connectivity index (χ2n) is 4.72. The molecule has 1 aromatic rings. The summed E-state index contributed by atoms with van der Waals surface area (Å²) in [5.74, 6) is 0. The summed E-state index contributed by atoms with van der Waals surface area (Å²) in [4.78, 5) is 0. The summed E-state index contributed by atoms with van der Waals surface area (Å²) in [5.41, 5.74) is 6.72. The fourth-order valence-electron chi connectivity index (χ4n) is 1.52. The van der Waals surface area contributed by atoms with E-state index in [0.29, 0.717) is 13.2 Å². The SMILES string of the molecule is COC(C)(C)CCOC(CN)c1ccccc1. The quantitative estimate of drug-likeness (QED) is 0.792. The predicted molar refractivity (Wildman–Crippen MR) is 69.9 cm³/mol. The van der Waals surface area contributed by atoms with Gasteiger partial charge in [-0.25, -0.2) is 0 Å². The van der Waals surface area contributed by atoms with Crippen molar-refractivity contribution in [3.8, 4) is 0 Å². The molecule has 1 rings (SSSR count). The van der Waals surface area contributed by atoms with E-state index in [9.17, 15) is 0 Å². The van der Waals surface area contributed by atoms with Crippen LogP contribution < -0.4 is 5.73 Å². The molecule has 3 heteroatoms. The fourth-order valence-corrected chi connectivity index (χ4v) is 1.52. The molecule has 2 N–H and O–H groups in total. The van der Waals surface area contributed by atoms with Crippen LogP contribution in [0.3, 0.4) is 0 Å². The minimum absolute atomic E-state index is 0.0242. The lowest BCUT2D eigenvalue weighted by atomic mass is 10.1. The Morgan fingerprint density at radius 3 is 2.41 bits per heavy atom. The Balaban J connectivity index is 2.44. The monoisotopic (exact) mass is 237 g/mol. The molecular weight excluding hydrogens is 214 g/mol. The van der Waals surface area contributed by atoms with Crippen molar-refractivity contribution in [2.24, 2.45) is 5.73 Å². The van der Waals surface area contributed by atoms with Crippen molar-refractivity contribution in [3.63, 3.8) is 0 Å². The van der Waals surface area contributed by atoms with Crippen molar-refractivity contribution < 1.29 is 9.47 Å². The van der Waals surface area contributed by atoms with Gasteiger partial charge in [0.1, 0.15) is 0 Å². The third-order valence-electron chi connectivity index (χ3n) is 2.96. The van der Waals surface area contributed by atoms with Crippen LogP contribution in [-0.2, 0) is 9.47 Å². The lowest BCUT2D eigenvalue weighted by molar-refractivity contribution is -0.0257. The highest BCUT2D eigenvalue weighted by Crippen LogP contribution is 2.18. The van der Waals surface area contributed by atoms with Crippen LogP contribution in [0.25, 0.3) is 0 Å². The van der Waals surface area contributed by atoms with E-state index in [1.54, 1.807) is 7.11 Å². The molecule has 0 saturated heterocycles. The third kappa shape index (κ3) is 4.86. The Bertz CT molecular complexity index is 311. The fraction of sp³-hybridized carbons (Fsp3) is 0.571. The van der Waals surface area contributed by atoms with Gasteiger partial charge in [-0.3, -0.25) is 0 Å². The minimum Gasteiger partial charge on any atom is -0.379 e. The largest absolute Gasteiger partial charge is 0.379 e. The number of methoxy groups -OCH3 is 1. The zero-order chi connectivity index (χ0) is 12.7. The first kappa shape index (κ1) is 14.2. The number of benzene rings is 1. The van der Waals surface area contributed by atoms with Crippen LogP contribution >= 0.6 is 0 Å². The molecule has 0 heterocycles. The second-order valence-corrected chi connectivity index (χ2v) is 4.72. The highest BCUT2D eigenvalue weighted by atomic mass is 16.5. The van der Waals surface area contributed by atoms with Gasteiger partial charge in [-0.15, -0.1) is 0 Å². The van der Waals surface area contributed by atoms with Gasteiger partial charge in [0.05, 0.1) is 18.3 Å². The van der Waals surface area contributed by atoms with Gasteiger partial charge in [0.2, 0.25) is 0 Å². The normalized spacial score (nSPS) is 13.6. The first-order chi connectivity index (χ1) is 8.09. The molecule has 96 valence electrons. The summed E-state index contributed by atoms with van der Waals surface area (Å²) >= 11 is 0. The first-order valence-electron chi connectivity index (χ1n) is 6.01. The van der Waals surface area contributed by atoms with E-state index in [1.807, 2.05) is 30.3 Å². The molecule has 0 aliphatic rings. The van der Waals surface area contributed by atoms with Crippen molar-refractivity contribution in [2.75, 3.05) is 20.3 Å². The van der Waals surface area contributed by atoms with E-state index in [2.05, 4.69) is 13.8 Å². The molecule has 0 saturated carbocycles. The highest BCUT2D eigenvalue weighted by molar-refractivity contribution is 5.17. The van der Waals surface area contributed by atoms with Crippen LogP contribution in [0.1, 0.15) is 31.9 Å². The molecule has 1 aromatic carbocycles. The maximum atomic E-state index is 5.81. The van der Waals surface area contributed by atoms with Crippen LogP contribution in [-0.4, -0.2) is 25.9 Å². The van der Waals surface area contributed by atoms with E-state index in [4.69, 9.17) is 15.2 Å². The Kier molecular flexibility index (Phi) is 5.62. The van der Waals surface area contributed by atoms with Crippen LogP contribution in [0.2, 0.25) is 0 Å². The van der Waals surface area contributed by atoms with Gasteiger partial charge in [0.15, 0.2) is 0 Å². The second kappa shape index (κ2) is 6.74. The molecular formula is C14H23NO2. The molecule has 0 bridgehead atoms. The first-order valence-corrected chi connectivity index (χ1v) is 6.01. The molecule has 0 radical (unpaired) electrons. The van der Waals surface area contributed by atoms with Gasteiger partial charge in [0, 0.05) is 13.7 Å². The molecule has 0 aliphatic carbocycles. The summed E-state index contributed by atoms with van der Waals surface area (Å²) in [6.45, 7) is 5.25. The zero-order valence-electron chi connectivity index (χ0n) is 11.0. The van der Waals surface area contributed by atoms with Crippen molar-refractivity contribution in [1.82, 2.24) is 0 Å². The van der Waals surface area contributed by atoms with Crippen LogP contribution in [0.5, 0.6) is 0 Å². The molecule has 0 amide bonds. The number of hydrogen-bond donors (Lipinski definition) is 1. The van der Waals surface area contributed by atoms with Crippen molar-refractivity contribution in [3.05, 3.63) is 35.9 Å². The average molecular weight is 237 g/mol. The highest BCUT2D eigenvalue weighted by Gasteiger charge is 2.17. The molecule has 0 fully saturated rings. The molecule has 1 unspecified atom stereocenters. The van der Waals surface area contributed by atoms with Gasteiger partial charge in [-0.05, 0) is 25.8 Å². The number of nitrogens with two attached hydrogens (primary N) is 1. The van der Waals surface area contributed by atoms with E-state index in [0.717, 1.165) is 12.0 Å². The standard InChI is InChI=1S/C14H23NO2/c1-14(2,16-3)9-10-17-13(11-15)12-7-5-4-6-8-12/h4-8,13H,9-11,15H2,1-3H3. The van der Waals surface area contributed by atoms with Crippen LogP contribution in [0.15, 0.2) is 30.3 Å². The summed E-state index contributed by atoms with van der Waals surface area (Å²) in [5, 5.41) is 0. The third-order valence-corrected chi connectivity index (χ3v) is 2.96. The minimum atomic E-state index is -0.143. The molecule has 0 aliphatic heterocycles. The lowest BCUT2D eigenvalue weighted by Gasteiger charge is -2.24. The van der Waals surface area contributed by atoms with Gasteiger partial charge in [-0.1, -0.05) is 30.3 Å².